The predicted molar refractivity (Wildman–Crippen MR) is 102 cm³/mol. The van der Waals surface area contributed by atoms with Crippen molar-refractivity contribution in [2.75, 3.05) is 30.0 Å². The fraction of sp³-hybridized carbons (Fsp3) is 0.278. The third-order valence-corrected chi connectivity index (χ3v) is 4.97. The normalized spacial score (nSPS) is 10.9. The van der Waals surface area contributed by atoms with E-state index in [1.165, 1.54) is 20.3 Å². The van der Waals surface area contributed by atoms with E-state index in [-0.39, 0.29) is 11.7 Å². The van der Waals surface area contributed by atoms with E-state index in [2.05, 4.69) is 10.0 Å². The summed E-state index contributed by atoms with van der Waals surface area (Å²) in [5.74, 6) is 0.728. The lowest BCUT2D eigenvalue weighted by molar-refractivity contribution is 0.102. The average Bonchev–Trinajstić information content (AvgIpc) is 2.61. The van der Waals surface area contributed by atoms with Crippen LogP contribution in [0.5, 0.6) is 11.5 Å². The Bertz CT molecular complexity index is 859. The number of amides is 1. The van der Waals surface area contributed by atoms with Crippen LogP contribution in [0.4, 0.5) is 11.4 Å². The minimum Gasteiger partial charge on any atom is -0.497 e. The number of benzene rings is 2. The van der Waals surface area contributed by atoms with Gasteiger partial charge in [-0.2, -0.15) is 0 Å². The Hall–Kier alpha value is -2.74. The molecule has 2 aromatic rings. The van der Waals surface area contributed by atoms with E-state index in [1.807, 2.05) is 0 Å². The molecule has 26 heavy (non-hydrogen) atoms. The van der Waals surface area contributed by atoms with Crippen molar-refractivity contribution >= 4 is 27.3 Å². The van der Waals surface area contributed by atoms with Crippen molar-refractivity contribution in [3.8, 4) is 11.5 Å². The van der Waals surface area contributed by atoms with Gasteiger partial charge in [-0.15, -0.1) is 0 Å². The van der Waals surface area contributed by atoms with Crippen LogP contribution < -0.4 is 19.5 Å². The third kappa shape index (κ3) is 5.38. The number of carbonyl (C=O) groups excluding carboxylic acids is 1. The van der Waals surface area contributed by atoms with Crippen LogP contribution in [-0.2, 0) is 10.0 Å². The Kier molecular flexibility index (Phi) is 6.46. The van der Waals surface area contributed by atoms with Gasteiger partial charge in [-0.25, -0.2) is 8.42 Å². The van der Waals surface area contributed by atoms with Crippen molar-refractivity contribution in [3.05, 3.63) is 48.0 Å². The predicted octanol–water partition coefficient (Wildman–Crippen LogP) is 3.11. The van der Waals surface area contributed by atoms with Crippen molar-refractivity contribution < 1.29 is 22.7 Å². The Morgan fingerprint density at radius 3 is 2.23 bits per heavy atom. The first-order valence-corrected chi connectivity index (χ1v) is 9.67. The number of rotatable bonds is 8. The second kappa shape index (κ2) is 8.57. The van der Waals surface area contributed by atoms with Gasteiger partial charge in [-0.05, 0) is 24.6 Å². The van der Waals surface area contributed by atoms with Crippen LogP contribution in [0.2, 0.25) is 0 Å². The molecule has 8 heteroatoms. The van der Waals surface area contributed by atoms with Gasteiger partial charge in [-0.3, -0.25) is 9.52 Å². The Morgan fingerprint density at radius 2 is 1.65 bits per heavy atom. The molecule has 0 saturated heterocycles. The molecule has 0 bridgehead atoms. The molecule has 0 aromatic heterocycles. The summed E-state index contributed by atoms with van der Waals surface area (Å²) in [6, 6.07) is 11.3. The number of nitrogens with one attached hydrogen (secondary N) is 2. The number of sulfonamides is 1. The summed E-state index contributed by atoms with van der Waals surface area (Å²) in [7, 11) is -0.379. The molecule has 2 aromatic carbocycles. The molecule has 0 saturated carbocycles. The van der Waals surface area contributed by atoms with Crippen LogP contribution in [0.25, 0.3) is 0 Å². The van der Waals surface area contributed by atoms with Crippen molar-refractivity contribution in [1.82, 2.24) is 0 Å². The molecule has 0 atom stereocenters. The van der Waals surface area contributed by atoms with Gasteiger partial charge in [0.25, 0.3) is 5.91 Å². The highest BCUT2D eigenvalue weighted by Gasteiger charge is 2.12. The standard InChI is InChI=1S/C18H22N2O5S/c1-4-8-26(22,23)20-14-7-5-6-13(9-14)18(21)19-15-10-16(24-2)12-17(11-15)25-3/h5-7,9-12,20H,4,8H2,1-3H3,(H,19,21). The van der Waals surface area contributed by atoms with E-state index in [0.29, 0.717) is 34.9 Å². The lowest BCUT2D eigenvalue weighted by Crippen LogP contribution is -2.17. The minimum atomic E-state index is -3.42. The van der Waals surface area contributed by atoms with Gasteiger partial charge in [0.2, 0.25) is 10.0 Å². The molecule has 2 N–H and O–H groups in total. The molecule has 0 aliphatic rings. The van der Waals surface area contributed by atoms with Crippen molar-refractivity contribution in [2.45, 2.75) is 13.3 Å². The van der Waals surface area contributed by atoms with Gasteiger partial charge in [0, 0.05) is 35.1 Å². The molecular weight excluding hydrogens is 356 g/mol. The summed E-state index contributed by atoms with van der Waals surface area (Å²) in [6.07, 6.45) is 0.507. The van der Waals surface area contributed by atoms with E-state index in [1.54, 1.807) is 43.3 Å². The highest BCUT2D eigenvalue weighted by Crippen LogP contribution is 2.26. The second-order valence-corrected chi connectivity index (χ2v) is 7.40. The second-order valence-electron chi connectivity index (χ2n) is 5.56. The monoisotopic (exact) mass is 378 g/mol. The maximum atomic E-state index is 12.5. The first kappa shape index (κ1) is 19.6. The molecule has 2 rings (SSSR count). The molecule has 140 valence electrons. The maximum absolute atomic E-state index is 12.5. The largest absolute Gasteiger partial charge is 0.497 e. The quantitative estimate of drug-likeness (QED) is 0.736. The van der Waals surface area contributed by atoms with Crippen molar-refractivity contribution in [2.24, 2.45) is 0 Å². The summed E-state index contributed by atoms with van der Waals surface area (Å²) >= 11 is 0. The number of ether oxygens (including phenoxy) is 2. The summed E-state index contributed by atoms with van der Waals surface area (Å²) in [5.41, 5.74) is 1.17. The zero-order valence-electron chi connectivity index (χ0n) is 14.9. The molecule has 0 radical (unpaired) electrons. The van der Waals surface area contributed by atoms with E-state index < -0.39 is 10.0 Å². The van der Waals surface area contributed by atoms with Gasteiger partial charge in [0.15, 0.2) is 0 Å². The van der Waals surface area contributed by atoms with Gasteiger partial charge < -0.3 is 14.8 Å². The van der Waals surface area contributed by atoms with E-state index in [9.17, 15) is 13.2 Å². The first-order valence-electron chi connectivity index (χ1n) is 8.02. The summed E-state index contributed by atoms with van der Waals surface area (Å²) in [5, 5.41) is 2.75. The zero-order valence-corrected chi connectivity index (χ0v) is 15.7. The van der Waals surface area contributed by atoms with Crippen molar-refractivity contribution in [1.29, 1.82) is 0 Å². The Balaban J connectivity index is 2.19. The zero-order chi connectivity index (χ0) is 19.2. The summed E-state index contributed by atoms with van der Waals surface area (Å²) < 4.78 is 36.6. The summed E-state index contributed by atoms with van der Waals surface area (Å²) in [4.78, 5) is 12.5. The molecular formula is C18H22N2O5S. The van der Waals surface area contributed by atoms with E-state index >= 15 is 0 Å². The van der Waals surface area contributed by atoms with Crippen molar-refractivity contribution in [3.63, 3.8) is 0 Å². The average molecular weight is 378 g/mol. The minimum absolute atomic E-state index is 0.0209. The van der Waals surface area contributed by atoms with Gasteiger partial charge in [-0.1, -0.05) is 13.0 Å². The highest BCUT2D eigenvalue weighted by molar-refractivity contribution is 7.92. The van der Waals surface area contributed by atoms with Crippen LogP contribution >= 0.6 is 0 Å². The molecule has 0 spiro atoms. The van der Waals surface area contributed by atoms with Crippen LogP contribution in [0, 0.1) is 0 Å². The fourth-order valence-corrected chi connectivity index (χ4v) is 3.43. The van der Waals surface area contributed by atoms with Crippen LogP contribution in [0.15, 0.2) is 42.5 Å². The highest BCUT2D eigenvalue weighted by atomic mass is 32.2. The third-order valence-electron chi connectivity index (χ3n) is 3.48. The number of carbonyl (C=O) groups is 1. The number of hydrogen-bond acceptors (Lipinski definition) is 5. The molecule has 0 aliphatic carbocycles. The topological polar surface area (TPSA) is 93.7 Å². The lowest BCUT2D eigenvalue weighted by Gasteiger charge is -2.11. The van der Waals surface area contributed by atoms with Gasteiger partial charge in [0.1, 0.15) is 11.5 Å². The molecule has 0 heterocycles. The molecule has 1 amide bonds. The SMILES string of the molecule is CCCS(=O)(=O)Nc1cccc(C(=O)Nc2cc(OC)cc(OC)c2)c1. The van der Waals surface area contributed by atoms with Crippen LogP contribution in [-0.4, -0.2) is 34.3 Å². The number of methoxy groups -OCH3 is 2. The Labute approximate surface area is 153 Å². The van der Waals surface area contributed by atoms with Crippen LogP contribution in [0.1, 0.15) is 23.7 Å². The number of hydrogen-bond donors (Lipinski definition) is 2. The smallest absolute Gasteiger partial charge is 0.255 e. The Morgan fingerprint density at radius 1 is 1.00 bits per heavy atom. The molecule has 0 fully saturated rings. The van der Waals surface area contributed by atoms with Gasteiger partial charge >= 0.3 is 0 Å². The maximum Gasteiger partial charge on any atom is 0.255 e. The summed E-state index contributed by atoms with van der Waals surface area (Å²) in [6.45, 7) is 1.78. The molecule has 7 nitrogen and oxygen atoms in total. The molecule has 0 aliphatic heterocycles. The lowest BCUT2D eigenvalue weighted by atomic mass is 10.2. The van der Waals surface area contributed by atoms with Crippen LogP contribution in [0.3, 0.4) is 0 Å². The number of anilines is 2. The fourth-order valence-electron chi connectivity index (χ4n) is 2.31. The first-order chi connectivity index (χ1) is 12.4. The van der Waals surface area contributed by atoms with E-state index in [0.717, 1.165) is 0 Å². The molecule has 0 unspecified atom stereocenters. The van der Waals surface area contributed by atoms with Gasteiger partial charge in [0.05, 0.1) is 20.0 Å². The van der Waals surface area contributed by atoms with E-state index in [4.69, 9.17) is 9.47 Å².